The second-order valence-electron chi connectivity index (χ2n) is 17.8. The monoisotopic (exact) mass is 832 g/mol. The van der Waals surface area contributed by atoms with Crippen molar-refractivity contribution >= 4 is 53.9 Å². The zero-order valence-electron chi connectivity index (χ0n) is 35.3. The van der Waals surface area contributed by atoms with E-state index in [1.54, 1.807) is 0 Å². The highest BCUT2D eigenvalue weighted by Gasteiger charge is 2.47. The number of nitrogens with zero attached hydrogens (tertiary/aromatic N) is 4. The van der Waals surface area contributed by atoms with Crippen LogP contribution in [0.1, 0.15) is 76.1 Å². The van der Waals surface area contributed by atoms with Crippen molar-refractivity contribution in [3.63, 3.8) is 0 Å². The van der Waals surface area contributed by atoms with E-state index in [0.29, 0.717) is 12.7 Å². The number of likely N-dealkylation sites (tertiary alicyclic amines) is 1. The molecule has 3 aromatic carbocycles. The summed E-state index contributed by atoms with van der Waals surface area (Å²) in [6.07, 6.45) is 6.90. The standard InChI is InChI=1S/C45H56N8O6Si/c1-26(2)37(50-44(56)58-3)42(54)52-21-9-12-35(52)40-46-23-34(48-40)28-15-13-27(14-16-28)30-17-19-32-31(22-30)18-20-33-39(32)49-41(47-33)36-24-60(5,6)25-53(36)43(55)38(51-45(57)59-4)29-10-7-8-11-29/h13-20,22-23,26,29,35-38H,7-12,21,24-25H2,1-6H3,(H,46,48)(H,47,49)(H,50,56)(H,51,57)/t35-,36-,37-,38-/m0/s1. The minimum atomic E-state index is -1.78. The highest BCUT2D eigenvalue weighted by Crippen LogP contribution is 2.41. The van der Waals surface area contributed by atoms with Crippen molar-refractivity contribution in [3.8, 4) is 22.4 Å². The Bertz CT molecular complexity index is 2400. The van der Waals surface area contributed by atoms with E-state index in [-0.39, 0.29) is 35.7 Å². The molecule has 0 bridgehead atoms. The van der Waals surface area contributed by atoms with Gasteiger partial charge in [0.25, 0.3) is 0 Å². The van der Waals surface area contributed by atoms with Crippen LogP contribution in [0.25, 0.3) is 44.2 Å². The second kappa shape index (κ2) is 16.7. The first kappa shape index (κ1) is 41.0. The van der Waals surface area contributed by atoms with Crippen LogP contribution in [-0.4, -0.2) is 101 Å². The molecule has 5 aromatic rings. The lowest BCUT2D eigenvalue weighted by atomic mass is 9.96. The van der Waals surface area contributed by atoms with Gasteiger partial charge in [0.15, 0.2) is 0 Å². The molecule has 2 saturated heterocycles. The average Bonchev–Trinajstić information content (AvgIpc) is 4.10. The predicted octanol–water partition coefficient (Wildman–Crippen LogP) is 7.86. The molecule has 14 nitrogen and oxygen atoms in total. The number of carbonyl (C=O) groups excluding carboxylic acids is 4. The third-order valence-electron chi connectivity index (χ3n) is 12.8. The zero-order valence-corrected chi connectivity index (χ0v) is 36.3. The summed E-state index contributed by atoms with van der Waals surface area (Å²) in [5, 5.41) is 7.73. The number of imidazole rings is 2. The number of hydrogen-bond acceptors (Lipinski definition) is 8. The largest absolute Gasteiger partial charge is 0.453 e. The van der Waals surface area contributed by atoms with Crippen LogP contribution in [0.15, 0.2) is 60.8 Å². The molecule has 60 heavy (non-hydrogen) atoms. The van der Waals surface area contributed by atoms with E-state index in [1.807, 2.05) is 35.9 Å². The number of hydrogen-bond donors (Lipinski definition) is 4. The van der Waals surface area contributed by atoms with Crippen molar-refractivity contribution in [2.24, 2.45) is 11.8 Å². The molecule has 15 heteroatoms. The molecule has 1 aliphatic carbocycles. The Morgan fingerprint density at radius 2 is 1.48 bits per heavy atom. The summed E-state index contributed by atoms with van der Waals surface area (Å²) < 4.78 is 9.71. The van der Waals surface area contributed by atoms with Crippen LogP contribution in [0.3, 0.4) is 0 Å². The number of methoxy groups -OCH3 is 2. The maximum atomic E-state index is 14.3. The molecule has 0 radical (unpaired) electrons. The second-order valence-corrected chi connectivity index (χ2v) is 22.9. The van der Waals surface area contributed by atoms with Crippen LogP contribution >= 0.6 is 0 Å². The van der Waals surface area contributed by atoms with Crippen molar-refractivity contribution < 1.29 is 28.7 Å². The lowest BCUT2D eigenvalue weighted by Crippen LogP contribution is -2.52. The third-order valence-corrected chi connectivity index (χ3v) is 15.5. The Balaban J connectivity index is 0.999. The number of benzene rings is 3. The number of ether oxygens (including phenoxy) is 2. The summed E-state index contributed by atoms with van der Waals surface area (Å²) in [4.78, 5) is 73.0. The molecule has 0 unspecified atom stereocenters. The maximum absolute atomic E-state index is 14.3. The Labute approximate surface area is 351 Å². The van der Waals surface area contributed by atoms with Gasteiger partial charge < -0.3 is 39.9 Å². The van der Waals surface area contributed by atoms with E-state index in [9.17, 15) is 19.2 Å². The van der Waals surface area contributed by atoms with Gasteiger partial charge in [-0.05, 0) is 77.8 Å². The van der Waals surface area contributed by atoms with Gasteiger partial charge in [-0.2, -0.15) is 0 Å². The fourth-order valence-corrected chi connectivity index (χ4v) is 12.5. The molecular weight excluding hydrogens is 777 g/mol. The third kappa shape index (κ3) is 8.11. The molecule has 2 aliphatic heterocycles. The first-order chi connectivity index (χ1) is 28.8. The molecule has 3 fully saturated rings. The Kier molecular flexibility index (Phi) is 11.5. The smallest absolute Gasteiger partial charge is 0.407 e. The molecule has 4 N–H and O–H groups in total. The van der Waals surface area contributed by atoms with Gasteiger partial charge in [0, 0.05) is 18.1 Å². The van der Waals surface area contributed by atoms with Crippen LogP contribution in [0, 0.1) is 11.8 Å². The van der Waals surface area contributed by atoms with Crippen LogP contribution in [0.5, 0.6) is 0 Å². The molecule has 4 amide bonds. The van der Waals surface area contributed by atoms with E-state index in [4.69, 9.17) is 19.4 Å². The molecule has 3 aliphatic rings. The van der Waals surface area contributed by atoms with Crippen molar-refractivity contribution in [2.75, 3.05) is 26.9 Å². The first-order valence-electron chi connectivity index (χ1n) is 21.2. The summed E-state index contributed by atoms with van der Waals surface area (Å²) in [5.41, 5.74) is 5.79. The van der Waals surface area contributed by atoms with E-state index >= 15 is 0 Å². The molecule has 0 spiro atoms. The van der Waals surface area contributed by atoms with Gasteiger partial charge in [-0.1, -0.05) is 82.2 Å². The Hall–Kier alpha value is -5.70. The van der Waals surface area contributed by atoms with Crippen LogP contribution in [0.2, 0.25) is 19.1 Å². The molecule has 8 rings (SSSR count). The molecule has 1 saturated carbocycles. The van der Waals surface area contributed by atoms with Crippen LogP contribution in [0.4, 0.5) is 9.59 Å². The summed E-state index contributed by atoms with van der Waals surface area (Å²) in [5.74, 6) is 1.33. The predicted molar refractivity (Wildman–Crippen MR) is 233 cm³/mol. The molecular formula is C45H56N8O6Si. The quantitative estimate of drug-likeness (QED) is 0.103. The number of amides is 4. The molecule has 4 heterocycles. The van der Waals surface area contributed by atoms with Crippen molar-refractivity contribution in [1.82, 2.24) is 40.4 Å². The maximum Gasteiger partial charge on any atom is 0.407 e. The minimum absolute atomic E-state index is 0.0390. The number of alkyl carbamates (subject to hydrolysis) is 2. The Morgan fingerprint density at radius 3 is 2.20 bits per heavy atom. The lowest BCUT2D eigenvalue weighted by molar-refractivity contribution is -0.136. The van der Waals surface area contributed by atoms with Crippen molar-refractivity contribution in [2.45, 2.75) is 95.7 Å². The Morgan fingerprint density at radius 1 is 0.783 bits per heavy atom. The van der Waals surface area contributed by atoms with Gasteiger partial charge in [0.2, 0.25) is 11.8 Å². The molecule has 2 aromatic heterocycles. The normalized spacial score (nSPS) is 20.2. The first-order valence-corrected chi connectivity index (χ1v) is 24.6. The fourth-order valence-electron chi connectivity index (χ4n) is 9.64. The van der Waals surface area contributed by atoms with Crippen LogP contribution in [-0.2, 0) is 19.1 Å². The number of rotatable bonds is 10. The van der Waals surface area contributed by atoms with Crippen molar-refractivity contribution in [1.29, 1.82) is 0 Å². The number of aromatic nitrogens is 4. The number of fused-ring (bicyclic) bond motifs is 3. The average molecular weight is 833 g/mol. The van der Waals surface area contributed by atoms with E-state index in [1.165, 1.54) is 14.2 Å². The van der Waals surface area contributed by atoms with Gasteiger partial charge in [0.05, 0.1) is 57.3 Å². The van der Waals surface area contributed by atoms with E-state index in [2.05, 4.69) is 82.2 Å². The fraction of sp³-hybridized carbons (Fsp3) is 0.467. The highest BCUT2D eigenvalue weighted by atomic mass is 28.3. The van der Waals surface area contributed by atoms with Crippen molar-refractivity contribution in [3.05, 3.63) is 72.4 Å². The number of nitrogens with one attached hydrogen (secondary N) is 4. The summed E-state index contributed by atoms with van der Waals surface area (Å²) >= 11 is 0. The van der Waals surface area contributed by atoms with E-state index in [0.717, 1.165) is 100 Å². The van der Waals surface area contributed by atoms with Crippen LogP contribution < -0.4 is 10.6 Å². The topological polar surface area (TPSA) is 175 Å². The number of aromatic amines is 2. The molecule has 316 valence electrons. The zero-order chi connectivity index (χ0) is 42.3. The lowest BCUT2D eigenvalue weighted by Gasteiger charge is -2.31. The molecule has 4 atom stereocenters. The van der Waals surface area contributed by atoms with Gasteiger partial charge in [-0.3, -0.25) is 9.59 Å². The summed E-state index contributed by atoms with van der Waals surface area (Å²) in [7, 11) is 0.855. The highest BCUT2D eigenvalue weighted by molar-refractivity contribution is 6.78. The summed E-state index contributed by atoms with van der Waals surface area (Å²) in [6.45, 7) is 9.04. The SMILES string of the molecule is COC(=O)N[C@H](C(=O)N1CCC[C@H]1c1ncc(-c2ccc(-c3ccc4c(ccc5nc([C@@H]6C[Si](C)(C)CN6C(=O)[C@@H](NC(=O)OC)C6CCCC6)[nH]c54)c3)cc2)[nH]1)C(C)C. The van der Waals surface area contributed by atoms with E-state index < -0.39 is 32.3 Å². The summed E-state index contributed by atoms with van der Waals surface area (Å²) in [6, 6.07) is 18.1. The van der Waals surface area contributed by atoms with Gasteiger partial charge >= 0.3 is 12.2 Å². The minimum Gasteiger partial charge on any atom is -0.453 e. The number of H-pyrrole nitrogens is 2. The van der Waals surface area contributed by atoms with Gasteiger partial charge in [-0.25, -0.2) is 19.6 Å². The number of carbonyl (C=O) groups is 4. The van der Waals surface area contributed by atoms with Gasteiger partial charge in [0.1, 0.15) is 23.7 Å². The van der Waals surface area contributed by atoms with Gasteiger partial charge in [-0.15, -0.1) is 0 Å².